The topological polar surface area (TPSA) is 32.3 Å². The number of hydrogen-bond acceptors (Lipinski definition) is 3. The molecule has 2 saturated heterocycles. The van der Waals surface area contributed by atoms with Crippen molar-refractivity contribution in [1.82, 2.24) is 10.2 Å². The maximum absolute atomic E-state index is 12.1. The zero-order valence-electron chi connectivity index (χ0n) is 9.78. The molecule has 0 saturated carbocycles. The predicted molar refractivity (Wildman–Crippen MR) is 71.4 cm³/mol. The molecule has 2 aliphatic rings. The maximum atomic E-state index is 12.1. The van der Waals surface area contributed by atoms with E-state index in [1.807, 2.05) is 23.7 Å². The van der Waals surface area contributed by atoms with Crippen molar-refractivity contribution in [2.24, 2.45) is 0 Å². The van der Waals surface area contributed by atoms with E-state index < -0.39 is 0 Å². The van der Waals surface area contributed by atoms with Gasteiger partial charge in [0.1, 0.15) is 0 Å². The summed E-state index contributed by atoms with van der Waals surface area (Å²) in [5.74, 6) is 2.64. The summed E-state index contributed by atoms with van der Waals surface area (Å²) in [4.78, 5) is 14.1. The molecule has 2 heterocycles. The summed E-state index contributed by atoms with van der Waals surface area (Å²) in [5.41, 5.74) is 0. The number of nitrogens with one attached hydrogen (secondary N) is 1. The van der Waals surface area contributed by atoms with Crippen LogP contribution in [0.3, 0.4) is 0 Å². The van der Waals surface area contributed by atoms with E-state index in [4.69, 9.17) is 0 Å². The Morgan fingerprint density at radius 1 is 1.38 bits per heavy atom. The minimum Gasteiger partial charge on any atom is -0.341 e. The number of halogens is 1. The molecule has 3 nitrogen and oxygen atoms in total. The molecule has 94 valence electrons. The second-order valence-electron chi connectivity index (χ2n) is 4.47. The van der Waals surface area contributed by atoms with Gasteiger partial charge in [0.25, 0.3) is 0 Å². The molecule has 2 fully saturated rings. The smallest absolute Gasteiger partial charge is 0.239 e. The number of nitrogens with zero attached hydrogens (tertiary/aromatic N) is 1. The van der Waals surface area contributed by atoms with Crippen molar-refractivity contribution in [3.8, 4) is 0 Å². The summed E-state index contributed by atoms with van der Waals surface area (Å²) >= 11 is 1.96. The van der Waals surface area contributed by atoms with Gasteiger partial charge in [-0.25, -0.2) is 0 Å². The van der Waals surface area contributed by atoms with Crippen LogP contribution in [0.1, 0.15) is 25.7 Å². The first kappa shape index (κ1) is 14.1. The lowest BCUT2D eigenvalue weighted by Gasteiger charge is -2.30. The van der Waals surface area contributed by atoms with E-state index in [1.54, 1.807) is 0 Å². The molecule has 2 aliphatic heterocycles. The zero-order valence-corrected chi connectivity index (χ0v) is 11.4. The Kier molecular flexibility index (Phi) is 5.94. The Labute approximate surface area is 108 Å². The second-order valence-corrected chi connectivity index (χ2v) is 5.62. The van der Waals surface area contributed by atoms with Crippen LogP contribution in [0.25, 0.3) is 0 Å². The molecule has 1 amide bonds. The molecule has 0 aromatic carbocycles. The van der Waals surface area contributed by atoms with E-state index in [0.717, 1.165) is 18.7 Å². The summed E-state index contributed by atoms with van der Waals surface area (Å²) in [6.45, 7) is 1.00. The second kappa shape index (κ2) is 6.72. The normalized spacial score (nSPS) is 29.6. The summed E-state index contributed by atoms with van der Waals surface area (Å²) in [7, 11) is 1.97. The van der Waals surface area contributed by atoms with E-state index in [2.05, 4.69) is 5.32 Å². The van der Waals surface area contributed by atoms with Crippen LogP contribution in [0.5, 0.6) is 0 Å². The third-order valence-corrected chi connectivity index (χ3v) is 4.55. The molecule has 0 aromatic heterocycles. The van der Waals surface area contributed by atoms with Crippen molar-refractivity contribution in [3.63, 3.8) is 0 Å². The quantitative estimate of drug-likeness (QED) is 0.821. The van der Waals surface area contributed by atoms with Crippen molar-refractivity contribution in [1.29, 1.82) is 0 Å². The Hall–Kier alpha value is 0.0700. The lowest BCUT2D eigenvalue weighted by Crippen LogP contribution is -2.50. The molecule has 5 heteroatoms. The third-order valence-electron chi connectivity index (χ3n) is 3.41. The van der Waals surface area contributed by atoms with Gasteiger partial charge in [-0.2, -0.15) is 11.8 Å². The molecule has 0 aromatic rings. The van der Waals surface area contributed by atoms with Gasteiger partial charge in [0.15, 0.2) is 0 Å². The van der Waals surface area contributed by atoms with Crippen LogP contribution in [0.4, 0.5) is 0 Å². The van der Waals surface area contributed by atoms with Crippen LogP contribution >= 0.6 is 24.2 Å². The number of thioether (sulfide) groups is 1. The van der Waals surface area contributed by atoms with Gasteiger partial charge >= 0.3 is 0 Å². The van der Waals surface area contributed by atoms with Crippen LogP contribution in [-0.4, -0.2) is 48.0 Å². The lowest BCUT2D eigenvalue weighted by atomic mass is 10.0. The standard InChI is InChI=1S/C11H20N2OS.ClH/c1-13(9-5-7-15-8-9)11(14)10-4-2-3-6-12-10;/h9-10,12H,2-8H2,1H3;1H/t9?,10-;/m0./s1. The highest BCUT2D eigenvalue weighted by Crippen LogP contribution is 2.22. The minimum absolute atomic E-state index is 0. The highest BCUT2D eigenvalue weighted by Gasteiger charge is 2.29. The van der Waals surface area contributed by atoms with Gasteiger partial charge in [0, 0.05) is 18.8 Å². The van der Waals surface area contributed by atoms with Crippen molar-refractivity contribution < 1.29 is 4.79 Å². The predicted octanol–water partition coefficient (Wildman–Crippen LogP) is 1.51. The van der Waals surface area contributed by atoms with Gasteiger partial charge < -0.3 is 10.2 Å². The fourth-order valence-electron chi connectivity index (χ4n) is 2.32. The third kappa shape index (κ3) is 3.28. The number of rotatable bonds is 2. The van der Waals surface area contributed by atoms with Crippen molar-refractivity contribution in [2.75, 3.05) is 25.1 Å². The van der Waals surface area contributed by atoms with Crippen LogP contribution in [-0.2, 0) is 4.79 Å². The molecule has 1 N–H and O–H groups in total. The van der Waals surface area contributed by atoms with Gasteiger partial charge in [-0.1, -0.05) is 6.42 Å². The first-order chi connectivity index (χ1) is 7.29. The molecular formula is C11H21ClN2OS. The Morgan fingerprint density at radius 2 is 2.19 bits per heavy atom. The molecular weight excluding hydrogens is 244 g/mol. The Balaban J connectivity index is 0.00000128. The largest absolute Gasteiger partial charge is 0.341 e. The molecule has 16 heavy (non-hydrogen) atoms. The van der Waals surface area contributed by atoms with Crippen molar-refractivity contribution in [3.05, 3.63) is 0 Å². The molecule has 0 spiro atoms. The van der Waals surface area contributed by atoms with Crippen LogP contribution in [0.2, 0.25) is 0 Å². The molecule has 1 unspecified atom stereocenters. The summed E-state index contributed by atoms with van der Waals surface area (Å²) in [5, 5.41) is 3.33. The number of piperidine rings is 1. The molecule has 0 radical (unpaired) electrons. The SMILES string of the molecule is CN(C(=O)[C@@H]1CCCCN1)C1CCSC1.Cl. The number of likely N-dealkylation sites (N-methyl/N-ethyl adjacent to an activating group) is 1. The van der Waals surface area contributed by atoms with Crippen molar-refractivity contribution in [2.45, 2.75) is 37.8 Å². The minimum atomic E-state index is 0. The fraction of sp³-hybridized carbons (Fsp3) is 0.909. The van der Waals surface area contributed by atoms with E-state index in [9.17, 15) is 4.79 Å². The van der Waals surface area contributed by atoms with Crippen LogP contribution in [0, 0.1) is 0 Å². The molecule has 2 atom stereocenters. The lowest BCUT2D eigenvalue weighted by molar-refractivity contribution is -0.134. The van der Waals surface area contributed by atoms with E-state index >= 15 is 0 Å². The van der Waals surface area contributed by atoms with E-state index in [0.29, 0.717) is 11.9 Å². The maximum Gasteiger partial charge on any atom is 0.239 e. The van der Waals surface area contributed by atoms with Gasteiger partial charge in [0.2, 0.25) is 5.91 Å². The number of carbonyl (C=O) groups excluding carboxylic acids is 1. The fourth-order valence-corrected chi connectivity index (χ4v) is 3.58. The van der Waals surface area contributed by atoms with E-state index in [1.165, 1.54) is 25.0 Å². The van der Waals surface area contributed by atoms with Gasteiger partial charge in [-0.15, -0.1) is 12.4 Å². The molecule has 0 aliphatic carbocycles. The number of amides is 1. The highest BCUT2D eigenvalue weighted by atomic mass is 35.5. The zero-order chi connectivity index (χ0) is 10.7. The average Bonchev–Trinajstić information content (AvgIpc) is 2.82. The van der Waals surface area contributed by atoms with Gasteiger partial charge in [-0.3, -0.25) is 4.79 Å². The van der Waals surface area contributed by atoms with Crippen molar-refractivity contribution >= 4 is 30.1 Å². The Morgan fingerprint density at radius 3 is 2.75 bits per heavy atom. The van der Waals surface area contributed by atoms with Crippen LogP contribution in [0.15, 0.2) is 0 Å². The van der Waals surface area contributed by atoms with Gasteiger partial charge in [0.05, 0.1) is 6.04 Å². The van der Waals surface area contributed by atoms with Crippen LogP contribution < -0.4 is 5.32 Å². The Bertz CT molecular complexity index is 228. The number of hydrogen-bond donors (Lipinski definition) is 1. The first-order valence-electron chi connectivity index (χ1n) is 5.87. The first-order valence-corrected chi connectivity index (χ1v) is 7.02. The average molecular weight is 265 g/mol. The summed E-state index contributed by atoms with van der Waals surface area (Å²) < 4.78 is 0. The summed E-state index contributed by atoms with van der Waals surface area (Å²) in [6.07, 6.45) is 4.59. The van der Waals surface area contributed by atoms with Gasteiger partial charge in [-0.05, 0) is 31.6 Å². The number of carbonyl (C=O) groups is 1. The highest BCUT2D eigenvalue weighted by molar-refractivity contribution is 7.99. The monoisotopic (exact) mass is 264 g/mol. The molecule has 2 rings (SSSR count). The van der Waals surface area contributed by atoms with E-state index in [-0.39, 0.29) is 18.4 Å². The molecule has 0 bridgehead atoms. The summed E-state index contributed by atoms with van der Waals surface area (Å²) in [6, 6.07) is 0.570.